The summed E-state index contributed by atoms with van der Waals surface area (Å²) in [6.07, 6.45) is 1.74. The number of thiophene rings is 1. The molecule has 0 saturated carbocycles. The van der Waals surface area contributed by atoms with Crippen molar-refractivity contribution in [1.29, 1.82) is 0 Å². The highest BCUT2D eigenvalue weighted by Gasteiger charge is 2.17. The second-order valence-corrected chi connectivity index (χ2v) is 7.05. The van der Waals surface area contributed by atoms with Gasteiger partial charge in [0, 0.05) is 16.5 Å². The van der Waals surface area contributed by atoms with Gasteiger partial charge in [-0.2, -0.15) is 0 Å². The Morgan fingerprint density at radius 1 is 1.35 bits per heavy atom. The molecular weight excluding hydrogens is 355 g/mol. The van der Waals surface area contributed by atoms with Gasteiger partial charge in [0.05, 0.1) is 5.39 Å². The maximum atomic E-state index is 13.5. The predicted octanol–water partition coefficient (Wildman–Crippen LogP) is 4.06. The number of fused-ring (bicyclic) bond motifs is 1. The van der Waals surface area contributed by atoms with E-state index in [4.69, 9.17) is 4.74 Å². The van der Waals surface area contributed by atoms with Crippen LogP contribution in [0, 0.1) is 19.7 Å². The molecule has 1 aromatic carbocycles. The van der Waals surface area contributed by atoms with E-state index >= 15 is 0 Å². The molecule has 1 N–H and O–H groups in total. The van der Waals surface area contributed by atoms with Crippen molar-refractivity contribution in [2.24, 2.45) is 0 Å². The summed E-state index contributed by atoms with van der Waals surface area (Å²) in [6.45, 7) is 5.42. The molecule has 1 atom stereocenters. The van der Waals surface area contributed by atoms with E-state index in [9.17, 15) is 14.0 Å². The number of hydrogen-bond acceptors (Lipinski definition) is 5. The number of aromatic amines is 1. The van der Waals surface area contributed by atoms with Crippen LogP contribution in [0.4, 0.5) is 4.39 Å². The van der Waals surface area contributed by atoms with Crippen LogP contribution in [0.15, 0.2) is 35.1 Å². The Morgan fingerprint density at radius 2 is 2.08 bits per heavy atom. The van der Waals surface area contributed by atoms with Crippen LogP contribution in [0.2, 0.25) is 0 Å². The molecule has 0 aliphatic rings. The second-order valence-electron chi connectivity index (χ2n) is 5.85. The molecule has 2 aromatic heterocycles. The minimum absolute atomic E-state index is 0.253. The molecule has 134 valence electrons. The van der Waals surface area contributed by atoms with Gasteiger partial charge in [0.15, 0.2) is 11.9 Å². The van der Waals surface area contributed by atoms with Crippen LogP contribution in [0.1, 0.15) is 34.9 Å². The molecule has 0 fully saturated rings. The van der Waals surface area contributed by atoms with Gasteiger partial charge in [-0.3, -0.25) is 4.79 Å². The van der Waals surface area contributed by atoms with E-state index in [1.54, 1.807) is 25.1 Å². The zero-order valence-corrected chi connectivity index (χ0v) is 15.3. The summed E-state index contributed by atoms with van der Waals surface area (Å²) in [6, 6.07) is 6.10. The van der Waals surface area contributed by atoms with Gasteiger partial charge >= 0.3 is 5.97 Å². The lowest BCUT2D eigenvalue weighted by atomic mass is 10.2. The Bertz CT molecular complexity index is 1070. The SMILES string of the molecule is Cc1sc2nc([C@@H](C)OC(=O)/C=C/c3ccccc3F)[nH]c(=O)c2c1C. The monoisotopic (exact) mass is 372 g/mol. The third-order valence-corrected chi connectivity index (χ3v) is 5.14. The van der Waals surface area contributed by atoms with Gasteiger partial charge in [-0.25, -0.2) is 14.2 Å². The predicted molar refractivity (Wildman–Crippen MR) is 99.7 cm³/mol. The third-order valence-electron chi connectivity index (χ3n) is 4.04. The van der Waals surface area contributed by atoms with Crippen molar-refractivity contribution < 1.29 is 13.9 Å². The van der Waals surface area contributed by atoms with Crippen molar-refractivity contribution in [2.45, 2.75) is 26.9 Å². The summed E-state index contributed by atoms with van der Waals surface area (Å²) in [5, 5.41) is 0.564. The zero-order chi connectivity index (χ0) is 18.8. The maximum absolute atomic E-state index is 13.5. The maximum Gasteiger partial charge on any atom is 0.331 e. The summed E-state index contributed by atoms with van der Waals surface area (Å²) in [7, 11) is 0. The summed E-state index contributed by atoms with van der Waals surface area (Å²) in [5.74, 6) is -0.803. The van der Waals surface area contributed by atoms with Gasteiger partial charge in [-0.05, 0) is 38.5 Å². The quantitative estimate of drug-likeness (QED) is 0.554. The number of halogens is 1. The highest BCUT2D eigenvalue weighted by molar-refractivity contribution is 7.18. The van der Waals surface area contributed by atoms with Crippen LogP contribution in [0.25, 0.3) is 16.3 Å². The molecule has 0 aliphatic carbocycles. The molecule has 0 unspecified atom stereocenters. The van der Waals surface area contributed by atoms with Crippen molar-refractivity contribution in [3.63, 3.8) is 0 Å². The standard InChI is InChI=1S/C19H17FN2O3S/c1-10-12(3)26-19-16(10)18(24)21-17(22-19)11(2)25-15(23)9-8-13-6-4-5-7-14(13)20/h4-9,11H,1-3H3,(H,21,22,24)/b9-8+/t11-/m1/s1. The number of carbonyl (C=O) groups is 1. The van der Waals surface area contributed by atoms with E-state index in [0.29, 0.717) is 10.2 Å². The van der Waals surface area contributed by atoms with E-state index in [0.717, 1.165) is 16.5 Å². The molecule has 2 heterocycles. The molecule has 3 aromatic rings. The Labute approximate surface area is 153 Å². The van der Waals surface area contributed by atoms with E-state index in [1.807, 2.05) is 13.8 Å². The van der Waals surface area contributed by atoms with Gasteiger partial charge in [-0.15, -0.1) is 11.3 Å². The number of hydrogen-bond donors (Lipinski definition) is 1. The molecule has 0 bridgehead atoms. The lowest BCUT2D eigenvalue weighted by molar-refractivity contribution is -0.142. The first-order chi connectivity index (χ1) is 12.4. The lowest BCUT2D eigenvalue weighted by Crippen LogP contribution is -2.16. The number of nitrogens with zero attached hydrogens (tertiary/aromatic N) is 1. The molecule has 5 nitrogen and oxygen atoms in total. The molecule has 0 aliphatic heterocycles. The molecule has 26 heavy (non-hydrogen) atoms. The normalized spacial score (nSPS) is 12.6. The first kappa shape index (κ1) is 18.0. The van der Waals surface area contributed by atoms with Crippen LogP contribution < -0.4 is 5.56 Å². The van der Waals surface area contributed by atoms with Crippen molar-refractivity contribution >= 4 is 33.6 Å². The first-order valence-electron chi connectivity index (χ1n) is 8.00. The highest BCUT2D eigenvalue weighted by Crippen LogP contribution is 2.26. The number of rotatable bonds is 4. The zero-order valence-electron chi connectivity index (χ0n) is 14.5. The number of benzene rings is 1. The second kappa shape index (κ2) is 7.21. The number of H-pyrrole nitrogens is 1. The smallest absolute Gasteiger partial charge is 0.331 e. The van der Waals surface area contributed by atoms with Crippen LogP contribution in [-0.2, 0) is 9.53 Å². The molecule has 3 rings (SSSR count). The summed E-state index contributed by atoms with van der Waals surface area (Å²) < 4.78 is 18.8. The third kappa shape index (κ3) is 3.57. The number of aromatic nitrogens is 2. The van der Waals surface area contributed by atoms with E-state index in [-0.39, 0.29) is 16.9 Å². The van der Waals surface area contributed by atoms with Crippen LogP contribution in [-0.4, -0.2) is 15.9 Å². The fraction of sp³-hybridized carbons (Fsp3) is 0.211. The Hall–Kier alpha value is -2.80. The molecular formula is C19H17FN2O3S. The van der Waals surface area contributed by atoms with Crippen molar-refractivity contribution in [2.75, 3.05) is 0 Å². The van der Waals surface area contributed by atoms with Crippen molar-refractivity contribution in [1.82, 2.24) is 9.97 Å². The van der Waals surface area contributed by atoms with E-state index in [2.05, 4.69) is 9.97 Å². The van der Waals surface area contributed by atoms with E-state index < -0.39 is 17.9 Å². The topological polar surface area (TPSA) is 72.0 Å². The Kier molecular flexibility index (Phi) is 4.99. The lowest BCUT2D eigenvalue weighted by Gasteiger charge is -2.11. The number of aryl methyl sites for hydroxylation is 2. The Balaban J connectivity index is 1.78. The average molecular weight is 372 g/mol. The molecule has 0 amide bonds. The van der Waals surface area contributed by atoms with Gasteiger partial charge in [0.1, 0.15) is 10.6 Å². The molecule has 0 saturated heterocycles. The fourth-order valence-corrected chi connectivity index (χ4v) is 3.54. The molecule has 0 spiro atoms. The van der Waals surface area contributed by atoms with Crippen LogP contribution in [0.5, 0.6) is 0 Å². The minimum atomic E-state index is -0.743. The van der Waals surface area contributed by atoms with Crippen LogP contribution in [0.3, 0.4) is 0 Å². The number of carbonyl (C=O) groups excluding carboxylic acids is 1. The average Bonchev–Trinajstić information content (AvgIpc) is 2.88. The number of nitrogens with one attached hydrogen (secondary N) is 1. The molecule has 7 heteroatoms. The molecule has 0 radical (unpaired) electrons. The van der Waals surface area contributed by atoms with Gasteiger partial charge in [0.25, 0.3) is 5.56 Å². The highest BCUT2D eigenvalue weighted by atomic mass is 32.1. The number of esters is 1. The summed E-state index contributed by atoms with van der Waals surface area (Å²) in [4.78, 5) is 33.0. The van der Waals surface area contributed by atoms with Gasteiger partial charge in [-0.1, -0.05) is 18.2 Å². The number of ether oxygens (including phenoxy) is 1. The summed E-state index contributed by atoms with van der Waals surface area (Å²) >= 11 is 1.43. The fourth-order valence-electron chi connectivity index (χ4n) is 2.50. The largest absolute Gasteiger partial charge is 0.451 e. The van der Waals surface area contributed by atoms with Crippen LogP contribution >= 0.6 is 11.3 Å². The first-order valence-corrected chi connectivity index (χ1v) is 8.81. The van der Waals surface area contributed by atoms with Gasteiger partial charge in [0.2, 0.25) is 0 Å². The summed E-state index contributed by atoms with van der Waals surface area (Å²) in [5.41, 5.74) is 0.939. The van der Waals surface area contributed by atoms with Crippen molar-refractivity contribution in [3.05, 3.63) is 68.3 Å². The van der Waals surface area contributed by atoms with Crippen molar-refractivity contribution in [3.8, 4) is 0 Å². The van der Waals surface area contributed by atoms with E-state index in [1.165, 1.54) is 23.5 Å². The van der Waals surface area contributed by atoms with Gasteiger partial charge < -0.3 is 9.72 Å². The minimum Gasteiger partial charge on any atom is -0.451 e. The Morgan fingerprint density at radius 3 is 2.81 bits per heavy atom.